The highest BCUT2D eigenvalue weighted by Crippen LogP contribution is 1.90. The summed E-state index contributed by atoms with van der Waals surface area (Å²) in [4.78, 5) is 32.9. The predicted octanol–water partition coefficient (Wildman–Crippen LogP) is -0.325. The standard InChI is InChI=1S/C10H19N3O4/c1-3-7(9(15)16)13-10(17)12-6-5-8(14)11-4-2/h7H,3-6H2,1-2H3,(H,11,14)(H,15,16)(H2,12,13,17). The SMILES string of the molecule is CCNC(=O)CCNC(=O)NC(CC)C(=O)O. The fourth-order valence-electron chi connectivity index (χ4n) is 1.12. The van der Waals surface area contributed by atoms with Gasteiger partial charge in [0.2, 0.25) is 5.91 Å². The van der Waals surface area contributed by atoms with Crippen LogP contribution in [0, 0.1) is 0 Å². The van der Waals surface area contributed by atoms with Crippen LogP contribution >= 0.6 is 0 Å². The van der Waals surface area contributed by atoms with Gasteiger partial charge in [-0.1, -0.05) is 6.92 Å². The lowest BCUT2D eigenvalue weighted by Crippen LogP contribution is -2.46. The summed E-state index contributed by atoms with van der Waals surface area (Å²) in [5, 5.41) is 16.0. The maximum absolute atomic E-state index is 11.2. The number of carboxylic acids is 1. The molecule has 1 unspecified atom stereocenters. The second-order valence-corrected chi connectivity index (χ2v) is 3.40. The van der Waals surface area contributed by atoms with Crippen molar-refractivity contribution in [3.63, 3.8) is 0 Å². The van der Waals surface area contributed by atoms with E-state index in [1.165, 1.54) is 0 Å². The van der Waals surface area contributed by atoms with Crippen molar-refractivity contribution >= 4 is 17.9 Å². The molecule has 1 atom stereocenters. The molecule has 0 heterocycles. The summed E-state index contributed by atoms with van der Waals surface area (Å²) in [6.45, 7) is 4.18. The van der Waals surface area contributed by atoms with Gasteiger partial charge >= 0.3 is 12.0 Å². The highest BCUT2D eigenvalue weighted by molar-refractivity contribution is 5.83. The van der Waals surface area contributed by atoms with Crippen molar-refractivity contribution in [3.8, 4) is 0 Å². The molecular formula is C10H19N3O4. The largest absolute Gasteiger partial charge is 0.480 e. The molecule has 0 saturated heterocycles. The van der Waals surface area contributed by atoms with Crippen molar-refractivity contribution in [2.75, 3.05) is 13.1 Å². The van der Waals surface area contributed by atoms with E-state index in [-0.39, 0.29) is 18.9 Å². The summed E-state index contributed by atoms with van der Waals surface area (Å²) in [5.41, 5.74) is 0. The number of carboxylic acid groups (broad SMARTS) is 1. The molecule has 0 aromatic rings. The minimum Gasteiger partial charge on any atom is -0.480 e. The number of aliphatic carboxylic acids is 1. The predicted molar refractivity (Wildman–Crippen MR) is 61.5 cm³/mol. The molecule has 0 saturated carbocycles. The van der Waals surface area contributed by atoms with Crippen LogP contribution in [0.1, 0.15) is 26.7 Å². The second-order valence-electron chi connectivity index (χ2n) is 3.40. The number of hydrogen-bond acceptors (Lipinski definition) is 3. The number of amides is 3. The van der Waals surface area contributed by atoms with Gasteiger partial charge < -0.3 is 21.1 Å². The zero-order valence-electron chi connectivity index (χ0n) is 10.1. The Bertz CT molecular complexity index is 281. The van der Waals surface area contributed by atoms with Gasteiger partial charge in [-0.05, 0) is 13.3 Å². The lowest BCUT2D eigenvalue weighted by molar-refractivity contribution is -0.139. The highest BCUT2D eigenvalue weighted by Gasteiger charge is 2.16. The number of nitrogens with one attached hydrogen (secondary N) is 3. The first kappa shape index (κ1) is 15.2. The molecule has 0 aliphatic heterocycles. The summed E-state index contributed by atoms with van der Waals surface area (Å²) < 4.78 is 0. The third-order valence-electron chi connectivity index (χ3n) is 2.02. The van der Waals surface area contributed by atoms with Crippen molar-refractivity contribution in [2.45, 2.75) is 32.7 Å². The fraction of sp³-hybridized carbons (Fsp3) is 0.700. The topological polar surface area (TPSA) is 108 Å². The number of rotatable bonds is 7. The summed E-state index contributed by atoms with van der Waals surface area (Å²) in [6, 6.07) is -1.48. The van der Waals surface area contributed by atoms with Gasteiger partial charge in [-0.2, -0.15) is 0 Å². The molecule has 0 spiro atoms. The molecule has 0 aliphatic rings. The van der Waals surface area contributed by atoms with E-state index < -0.39 is 18.0 Å². The lowest BCUT2D eigenvalue weighted by atomic mass is 10.2. The Morgan fingerprint density at radius 2 is 1.82 bits per heavy atom. The number of carbonyl (C=O) groups excluding carboxylic acids is 2. The van der Waals surface area contributed by atoms with Crippen molar-refractivity contribution in [1.29, 1.82) is 0 Å². The minimum absolute atomic E-state index is 0.155. The van der Waals surface area contributed by atoms with Crippen LogP contribution in [0.3, 0.4) is 0 Å². The maximum atomic E-state index is 11.2. The van der Waals surface area contributed by atoms with Gasteiger partial charge in [-0.25, -0.2) is 9.59 Å². The zero-order valence-corrected chi connectivity index (χ0v) is 10.1. The Labute approximate surface area is 100.0 Å². The van der Waals surface area contributed by atoms with Crippen LogP contribution in [0.5, 0.6) is 0 Å². The zero-order chi connectivity index (χ0) is 13.3. The van der Waals surface area contributed by atoms with E-state index in [1.54, 1.807) is 13.8 Å². The van der Waals surface area contributed by atoms with Crippen LogP contribution in [-0.2, 0) is 9.59 Å². The van der Waals surface area contributed by atoms with Gasteiger partial charge in [0.05, 0.1) is 0 Å². The Hall–Kier alpha value is -1.79. The molecule has 0 aromatic carbocycles. The Balaban J connectivity index is 3.79. The van der Waals surface area contributed by atoms with E-state index in [0.717, 1.165) is 0 Å². The molecule has 4 N–H and O–H groups in total. The van der Waals surface area contributed by atoms with Gasteiger partial charge in [0.25, 0.3) is 0 Å². The minimum atomic E-state index is -1.08. The molecule has 0 bridgehead atoms. The second kappa shape index (κ2) is 8.37. The molecule has 0 rings (SSSR count). The van der Waals surface area contributed by atoms with E-state index in [0.29, 0.717) is 13.0 Å². The molecule has 7 nitrogen and oxygen atoms in total. The van der Waals surface area contributed by atoms with E-state index in [2.05, 4.69) is 16.0 Å². The van der Waals surface area contributed by atoms with Crippen LogP contribution in [0.4, 0.5) is 4.79 Å². The van der Waals surface area contributed by atoms with Crippen molar-refractivity contribution in [3.05, 3.63) is 0 Å². The fourth-order valence-corrected chi connectivity index (χ4v) is 1.12. The third kappa shape index (κ3) is 7.15. The maximum Gasteiger partial charge on any atom is 0.326 e. The van der Waals surface area contributed by atoms with Crippen LogP contribution in [0.15, 0.2) is 0 Å². The van der Waals surface area contributed by atoms with Gasteiger partial charge in [-0.15, -0.1) is 0 Å². The van der Waals surface area contributed by atoms with Gasteiger partial charge in [-0.3, -0.25) is 4.79 Å². The molecule has 3 amide bonds. The molecule has 17 heavy (non-hydrogen) atoms. The number of hydrogen-bond donors (Lipinski definition) is 4. The van der Waals surface area contributed by atoms with Gasteiger partial charge in [0, 0.05) is 19.5 Å². The number of urea groups is 1. The Kier molecular flexibility index (Phi) is 7.49. The smallest absolute Gasteiger partial charge is 0.326 e. The first-order valence-electron chi connectivity index (χ1n) is 5.55. The van der Waals surface area contributed by atoms with E-state index in [4.69, 9.17) is 5.11 Å². The van der Waals surface area contributed by atoms with E-state index in [1.807, 2.05) is 0 Å². The average molecular weight is 245 g/mol. The Morgan fingerprint density at radius 1 is 1.18 bits per heavy atom. The molecule has 7 heteroatoms. The van der Waals surface area contributed by atoms with Crippen LogP contribution in [0.25, 0.3) is 0 Å². The summed E-state index contributed by atoms with van der Waals surface area (Å²) >= 11 is 0. The summed E-state index contributed by atoms with van der Waals surface area (Å²) in [6.07, 6.45) is 0.476. The van der Waals surface area contributed by atoms with Crippen molar-refractivity contribution in [2.24, 2.45) is 0 Å². The van der Waals surface area contributed by atoms with Crippen LogP contribution < -0.4 is 16.0 Å². The molecule has 0 aliphatic carbocycles. The van der Waals surface area contributed by atoms with E-state index in [9.17, 15) is 14.4 Å². The molecule has 98 valence electrons. The number of carbonyl (C=O) groups is 3. The van der Waals surface area contributed by atoms with Crippen molar-refractivity contribution < 1.29 is 19.5 Å². The van der Waals surface area contributed by atoms with E-state index >= 15 is 0 Å². The average Bonchev–Trinajstić information content (AvgIpc) is 2.25. The molecule has 0 radical (unpaired) electrons. The van der Waals surface area contributed by atoms with Crippen molar-refractivity contribution in [1.82, 2.24) is 16.0 Å². The first-order chi connectivity index (χ1) is 8.01. The summed E-state index contributed by atoms with van der Waals surface area (Å²) in [7, 11) is 0. The molecule has 0 aromatic heterocycles. The van der Waals surface area contributed by atoms with Crippen LogP contribution in [0.2, 0.25) is 0 Å². The highest BCUT2D eigenvalue weighted by atomic mass is 16.4. The third-order valence-corrected chi connectivity index (χ3v) is 2.02. The van der Waals surface area contributed by atoms with Crippen LogP contribution in [-0.4, -0.2) is 42.1 Å². The quantitative estimate of drug-likeness (QED) is 0.492. The lowest BCUT2D eigenvalue weighted by Gasteiger charge is -2.12. The normalized spacial score (nSPS) is 11.4. The Morgan fingerprint density at radius 3 is 2.29 bits per heavy atom. The van der Waals surface area contributed by atoms with Gasteiger partial charge in [0.15, 0.2) is 0 Å². The summed E-state index contributed by atoms with van der Waals surface area (Å²) in [5.74, 6) is -1.23. The molecular weight excluding hydrogens is 226 g/mol. The monoisotopic (exact) mass is 245 g/mol. The molecule has 0 fully saturated rings. The van der Waals surface area contributed by atoms with Gasteiger partial charge in [0.1, 0.15) is 6.04 Å². The first-order valence-corrected chi connectivity index (χ1v) is 5.55.